The highest BCUT2D eigenvalue weighted by Crippen LogP contribution is 2.44. The lowest BCUT2D eigenvalue weighted by molar-refractivity contribution is -0.116. The molecular formula is C20H18FN3O4. The standard InChI is InChI=1S/C20H18FN3O4/c1-27-15-6-11(7-16(28-2)19(15)26)14-9-17(25)23-20-18(14)22-10-24(20)13-5-3-4-12(21)8-13/h3-8,10,14,26H,9H2,1-2H3,(H,23,25). The van der Waals surface area contributed by atoms with Gasteiger partial charge in [0.15, 0.2) is 11.5 Å². The summed E-state index contributed by atoms with van der Waals surface area (Å²) in [4.78, 5) is 16.9. The maximum absolute atomic E-state index is 13.6. The lowest BCUT2D eigenvalue weighted by atomic mass is 9.89. The van der Waals surface area contributed by atoms with Crippen LogP contribution in [-0.4, -0.2) is 34.8 Å². The number of methoxy groups -OCH3 is 2. The number of aromatic hydroxyl groups is 1. The molecule has 0 spiro atoms. The smallest absolute Gasteiger partial charge is 0.226 e. The second-order valence-electron chi connectivity index (χ2n) is 6.41. The number of carbonyl (C=O) groups is 1. The third-order valence-electron chi connectivity index (χ3n) is 4.76. The Morgan fingerprint density at radius 1 is 1.21 bits per heavy atom. The molecule has 1 aliphatic rings. The molecule has 28 heavy (non-hydrogen) atoms. The summed E-state index contributed by atoms with van der Waals surface area (Å²) in [5, 5.41) is 13.0. The Kier molecular flexibility index (Phi) is 4.38. The van der Waals surface area contributed by atoms with Crippen molar-refractivity contribution in [3.8, 4) is 22.9 Å². The fourth-order valence-corrected chi connectivity index (χ4v) is 3.42. The first-order valence-electron chi connectivity index (χ1n) is 8.59. The van der Waals surface area contributed by atoms with Crippen LogP contribution in [0.2, 0.25) is 0 Å². The largest absolute Gasteiger partial charge is 0.502 e. The number of imidazole rings is 1. The zero-order valence-electron chi connectivity index (χ0n) is 15.3. The van der Waals surface area contributed by atoms with Gasteiger partial charge in [0.1, 0.15) is 18.0 Å². The number of benzene rings is 2. The summed E-state index contributed by atoms with van der Waals surface area (Å²) in [5.41, 5.74) is 1.90. The lowest BCUT2D eigenvalue weighted by Gasteiger charge is -2.24. The van der Waals surface area contributed by atoms with E-state index in [0.29, 0.717) is 22.8 Å². The molecular weight excluding hydrogens is 365 g/mol. The number of phenols is 1. The third kappa shape index (κ3) is 2.92. The molecule has 1 amide bonds. The molecule has 8 heteroatoms. The Morgan fingerprint density at radius 2 is 1.93 bits per heavy atom. The van der Waals surface area contributed by atoms with Crippen molar-refractivity contribution in [2.24, 2.45) is 0 Å². The van der Waals surface area contributed by atoms with Crippen molar-refractivity contribution in [3.63, 3.8) is 0 Å². The summed E-state index contributed by atoms with van der Waals surface area (Å²) in [6, 6.07) is 9.36. The quantitative estimate of drug-likeness (QED) is 0.723. The van der Waals surface area contributed by atoms with Crippen LogP contribution in [0.1, 0.15) is 23.6 Å². The van der Waals surface area contributed by atoms with Gasteiger partial charge in [-0.25, -0.2) is 9.37 Å². The Hall–Kier alpha value is -3.55. The normalized spacial score (nSPS) is 15.7. The fraction of sp³-hybridized carbons (Fsp3) is 0.200. The highest BCUT2D eigenvalue weighted by Gasteiger charge is 2.32. The molecule has 0 fully saturated rings. The topological polar surface area (TPSA) is 85.6 Å². The van der Waals surface area contributed by atoms with Crippen LogP contribution in [0.5, 0.6) is 17.2 Å². The average molecular weight is 383 g/mol. The van der Waals surface area contributed by atoms with Crippen LogP contribution in [0, 0.1) is 5.82 Å². The average Bonchev–Trinajstić information content (AvgIpc) is 3.11. The molecule has 7 nitrogen and oxygen atoms in total. The first-order chi connectivity index (χ1) is 13.5. The van der Waals surface area contributed by atoms with Crippen LogP contribution in [-0.2, 0) is 4.79 Å². The number of carbonyl (C=O) groups excluding carboxylic acids is 1. The number of ether oxygens (including phenoxy) is 2. The zero-order valence-corrected chi connectivity index (χ0v) is 15.3. The minimum atomic E-state index is -0.383. The SMILES string of the molecule is COc1cc(C2CC(=O)Nc3c2ncn3-c2cccc(F)c2)cc(OC)c1O. The molecule has 0 aliphatic carbocycles. The van der Waals surface area contributed by atoms with Crippen molar-refractivity contribution in [2.45, 2.75) is 12.3 Å². The van der Waals surface area contributed by atoms with E-state index in [-0.39, 0.29) is 41.3 Å². The monoisotopic (exact) mass is 383 g/mol. The van der Waals surface area contributed by atoms with Crippen LogP contribution in [0.15, 0.2) is 42.7 Å². The molecule has 2 aromatic carbocycles. The van der Waals surface area contributed by atoms with Crippen LogP contribution >= 0.6 is 0 Å². The molecule has 2 N–H and O–H groups in total. The van der Waals surface area contributed by atoms with Gasteiger partial charge in [-0.1, -0.05) is 6.07 Å². The van der Waals surface area contributed by atoms with Gasteiger partial charge >= 0.3 is 0 Å². The van der Waals surface area contributed by atoms with E-state index < -0.39 is 0 Å². The van der Waals surface area contributed by atoms with E-state index in [1.807, 2.05) is 0 Å². The van der Waals surface area contributed by atoms with Gasteiger partial charge in [-0.05, 0) is 35.9 Å². The number of fused-ring (bicyclic) bond motifs is 1. The number of hydrogen-bond donors (Lipinski definition) is 2. The third-order valence-corrected chi connectivity index (χ3v) is 4.76. The number of phenolic OH excluding ortho intramolecular Hbond substituents is 1. The number of aromatic nitrogens is 2. The number of rotatable bonds is 4. The maximum atomic E-state index is 13.6. The van der Waals surface area contributed by atoms with Crippen LogP contribution in [0.25, 0.3) is 5.69 Å². The first-order valence-corrected chi connectivity index (χ1v) is 8.59. The highest BCUT2D eigenvalue weighted by molar-refractivity contribution is 5.94. The van der Waals surface area contributed by atoms with Gasteiger partial charge in [0, 0.05) is 12.3 Å². The van der Waals surface area contributed by atoms with Gasteiger partial charge in [-0.2, -0.15) is 0 Å². The minimum Gasteiger partial charge on any atom is -0.502 e. The van der Waals surface area contributed by atoms with E-state index in [2.05, 4.69) is 10.3 Å². The van der Waals surface area contributed by atoms with Gasteiger partial charge in [-0.15, -0.1) is 0 Å². The fourth-order valence-electron chi connectivity index (χ4n) is 3.42. The molecule has 0 saturated heterocycles. The lowest BCUT2D eigenvalue weighted by Crippen LogP contribution is -2.25. The van der Waals surface area contributed by atoms with Crippen LogP contribution in [0.3, 0.4) is 0 Å². The molecule has 1 unspecified atom stereocenters. The molecule has 0 radical (unpaired) electrons. The molecule has 2 heterocycles. The highest BCUT2D eigenvalue weighted by atomic mass is 19.1. The predicted molar refractivity (Wildman–Crippen MR) is 99.8 cm³/mol. The number of hydrogen-bond acceptors (Lipinski definition) is 5. The molecule has 0 saturated carbocycles. The van der Waals surface area contributed by atoms with E-state index in [4.69, 9.17) is 9.47 Å². The molecule has 3 aromatic rings. The minimum absolute atomic E-state index is 0.112. The summed E-state index contributed by atoms with van der Waals surface area (Å²) >= 11 is 0. The van der Waals surface area contributed by atoms with Gasteiger partial charge < -0.3 is 19.9 Å². The van der Waals surface area contributed by atoms with Gasteiger partial charge in [0.25, 0.3) is 0 Å². The first kappa shape index (κ1) is 17.8. The van der Waals surface area contributed by atoms with Crippen molar-refractivity contribution in [1.82, 2.24) is 9.55 Å². The number of nitrogens with one attached hydrogen (secondary N) is 1. The van der Waals surface area contributed by atoms with E-state index in [9.17, 15) is 14.3 Å². The second-order valence-corrected chi connectivity index (χ2v) is 6.41. The molecule has 4 rings (SSSR count). The Morgan fingerprint density at radius 3 is 2.57 bits per heavy atom. The summed E-state index contributed by atoms with van der Waals surface area (Å²) < 4.78 is 25.7. The van der Waals surface area contributed by atoms with E-state index in [1.165, 1.54) is 26.4 Å². The second kappa shape index (κ2) is 6.88. The van der Waals surface area contributed by atoms with Gasteiger partial charge in [-0.3, -0.25) is 9.36 Å². The number of nitrogens with zero attached hydrogens (tertiary/aromatic N) is 2. The molecule has 144 valence electrons. The molecule has 1 aromatic heterocycles. The van der Waals surface area contributed by atoms with E-state index in [0.717, 1.165) is 0 Å². The van der Waals surface area contributed by atoms with Crippen molar-refractivity contribution < 1.29 is 23.8 Å². The number of anilines is 1. The Labute approximate surface area is 160 Å². The molecule has 1 atom stereocenters. The van der Waals surface area contributed by atoms with E-state index >= 15 is 0 Å². The number of amides is 1. The van der Waals surface area contributed by atoms with Gasteiger partial charge in [0.05, 0.1) is 25.6 Å². The predicted octanol–water partition coefficient (Wildman–Crippen LogP) is 3.21. The van der Waals surface area contributed by atoms with Gasteiger partial charge in [0.2, 0.25) is 11.7 Å². The van der Waals surface area contributed by atoms with Crippen molar-refractivity contribution in [1.29, 1.82) is 0 Å². The summed E-state index contributed by atoms with van der Waals surface area (Å²) in [5.74, 6) is -0.0921. The van der Waals surface area contributed by atoms with Crippen LogP contribution < -0.4 is 14.8 Å². The van der Waals surface area contributed by atoms with Crippen molar-refractivity contribution in [2.75, 3.05) is 19.5 Å². The number of halogens is 1. The Balaban J connectivity index is 1.84. The zero-order chi connectivity index (χ0) is 19.8. The summed E-state index contributed by atoms with van der Waals surface area (Å²) in [6.45, 7) is 0. The van der Waals surface area contributed by atoms with Crippen molar-refractivity contribution in [3.05, 3.63) is 59.8 Å². The summed E-state index contributed by atoms with van der Waals surface area (Å²) in [6.07, 6.45) is 1.72. The van der Waals surface area contributed by atoms with E-state index in [1.54, 1.807) is 35.2 Å². The van der Waals surface area contributed by atoms with Crippen molar-refractivity contribution >= 4 is 11.7 Å². The summed E-state index contributed by atoms with van der Waals surface area (Å²) in [7, 11) is 2.88. The molecule has 0 bridgehead atoms. The molecule has 1 aliphatic heterocycles. The van der Waals surface area contributed by atoms with Crippen LogP contribution in [0.4, 0.5) is 10.2 Å². The maximum Gasteiger partial charge on any atom is 0.226 e. The Bertz CT molecular complexity index is 1040.